The third-order valence-corrected chi connectivity index (χ3v) is 2.21. The summed E-state index contributed by atoms with van der Waals surface area (Å²) >= 11 is 0. The fourth-order valence-corrected chi connectivity index (χ4v) is 1.54. The van der Waals surface area contributed by atoms with Crippen LogP contribution in [0.2, 0.25) is 0 Å². The van der Waals surface area contributed by atoms with Gasteiger partial charge in [-0.1, -0.05) is 0 Å². The zero-order valence-electron chi connectivity index (χ0n) is 8.65. The summed E-state index contributed by atoms with van der Waals surface area (Å²) in [5.74, 6) is 1.19. The van der Waals surface area contributed by atoms with Gasteiger partial charge in [0.1, 0.15) is 17.6 Å². The lowest BCUT2D eigenvalue weighted by atomic mass is 10.1. The van der Waals surface area contributed by atoms with E-state index in [4.69, 9.17) is 14.2 Å². The highest BCUT2D eigenvalue weighted by Gasteiger charge is 2.17. The number of hydrogen-bond acceptors (Lipinski definition) is 4. The molecule has 1 heterocycles. The van der Waals surface area contributed by atoms with Crippen LogP contribution in [0, 0.1) is 0 Å². The predicted octanol–water partition coefficient (Wildman–Crippen LogP) is 2.04. The molecule has 1 atom stereocenters. The monoisotopic (exact) mass is 208 g/mol. The van der Waals surface area contributed by atoms with Crippen molar-refractivity contribution in [2.75, 3.05) is 6.79 Å². The normalized spacial score (nSPS) is 14.8. The van der Waals surface area contributed by atoms with Gasteiger partial charge in [-0.15, -0.1) is 0 Å². The Balaban J connectivity index is 2.25. The fourth-order valence-electron chi connectivity index (χ4n) is 1.54. The van der Waals surface area contributed by atoms with E-state index in [0.29, 0.717) is 5.75 Å². The van der Waals surface area contributed by atoms with Crippen LogP contribution in [-0.4, -0.2) is 12.8 Å². The average Bonchev–Trinajstić information content (AvgIpc) is 2.17. The van der Waals surface area contributed by atoms with E-state index in [-0.39, 0.29) is 18.9 Å². The first-order chi connectivity index (χ1) is 7.16. The van der Waals surface area contributed by atoms with E-state index < -0.39 is 0 Å². The standard InChI is InChI=1S/C11H12O4/c1-7(15-8(2)12)10-4-3-9-5-11(10)14-6-13-9/h3-5,7H,6H2,1-2H3/t7-/m1/s1. The van der Waals surface area contributed by atoms with Gasteiger partial charge in [0.15, 0.2) is 0 Å². The highest BCUT2D eigenvalue weighted by atomic mass is 16.7. The number of rotatable bonds is 2. The van der Waals surface area contributed by atoms with Crippen molar-refractivity contribution >= 4 is 5.97 Å². The Hall–Kier alpha value is -1.71. The Labute approximate surface area is 87.8 Å². The van der Waals surface area contributed by atoms with Gasteiger partial charge in [-0.2, -0.15) is 0 Å². The first-order valence-corrected chi connectivity index (χ1v) is 4.73. The molecule has 1 aliphatic rings. The van der Waals surface area contributed by atoms with E-state index in [1.54, 1.807) is 6.07 Å². The van der Waals surface area contributed by atoms with Gasteiger partial charge in [0.05, 0.1) is 0 Å². The molecule has 2 bridgehead atoms. The lowest BCUT2D eigenvalue weighted by molar-refractivity contribution is -0.145. The minimum atomic E-state index is -0.301. The molecule has 0 amide bonds. The molecule has 80 valence electrons. The van der Waals surface area contributed by atoms with E-state index in [1.165, 1.54) is 6.92 Å². The number of ether oxygens (including phenoxy) is 3. The summed E-state index contributed by atoms with van der Waals surface area (Å²) in [6, 6.07) is 5.47. The first-order valence-electron chi connectivity index (χ1n) is 4.73. The van der Waals surface area contributed by atoms with Crippen LogP contribution < -0.4 is 9.47 Å². The molecule has 0 N–H and O–H groups in total. The van der Waals surface area contributed by atoms with Crippen molar-refractivity contribution in [1.82, 2.24) is 0 Å². The maximum atomic E-state index is 10.8. The number of benzene rings is 1. The zero-order valence-corrected chi connectivity index (χ0v) is 8.65. The molecule has 4 heteroatoms. The van der Waals surface area contributed by atoms with Crippen LogP contribution in [0.3, 0.4) is 0 Å². The molecule has 2 rings (SSSR count). The second kappa shape index (κ2) is 3.81. The highest BCUT2D eigenvalue weighted by Crippen LogP contribution is 2.33. The summed E-state index contributed by atoms with van der Waals surface area (Å²) < 4.78 is 15.6. The summed E-state index contributed by atoms with van der Waals surface area (Å²) in [5.41, 5.74) is 0.859. The van der Waals surface area contributed by atoms with Crippen LogP contribution in [0.4, 0.5) is 0 Å². The lowest BCUT2D eigenvalue weighted by Gasteiger charge is -2.21. The Morgan fingerprint density at radius 3 is 3.00 bits per heavy atom. The molecule has 0 radical (unpaired) electrons. The third-order valence-electron chi connectivity index (χ3n) is 2.21. The van der Waals surface area contributed by atoms with Gasteiger partial charge < -0.3 is 14.2 Å². The summed E-state index contributed by atoms with van der Waals surface area (Å²) in [6.07, 6.45) is -0.301. The van der Waals surface area contributed by atoms with Gasteiger partial charge in [-0.05, 0) is 19.1 Å². The van der Waals surface area contributed by atoms with E-state index in [0.717, 1.165) is 11.3 Å². The van der Waals surface area contributed by atoms with Crippen LogP contribution >= 0.6 is 0 Å². The molecule has 0 spiro atoms. The summed E-state index contributed by atoms with van der Waals surface area (Å²) in [5, 5.41) is 0. The molecule has 0 saturated carbocycles. The first kappa shape index (κ1) is 9.83. The minimum Gasteiger partial charge on any atom is -0.458 e. The van der Waals surface area contributed by atoms with Crippen molar-refractivity contribution in [3.63, 3.8) is 0 Å². The second-order valence-electron chi connectivity index (χ2n) is 3.36. The molecule has 1 aromatic rings. The van der Waals surface area contributed by atoms with Crippen molar-refractivity contribution in [1.29, 1.82) is 0 Å². The van der Waals surface area contributed by atoms with Gasteiger partial charge in [0, 0.05) is 18.6 Å². The van der Waals surface area contributed by atoms with E-state index in [2.05, 4.69) is 0 Å². The van der Waals surface area contributed by atoms with Crippen LogP contribution in [0.25, 0.3) is 0 Å². The highest BCUT2D eigenvalue weighted by molar-refractivity contribution is 5.66. The molecule has 1 aromatic carbocycles. The van der Waals surface area contributed by atoms with Crippen molar-refractivity contribution in [3.05, 3.63) is 23.8 Å². The number of fused-ring (bicyclic) bond motifs is 2. The molecule has 4 nitrogen and oxygen atoms in total. The average molecular weight is 208 g/mol. The number of carbonyl (C=O) groups excluding carboxylic acids is 1. The van der Waals surface area contributed by atoms with Crippen LogP contribution in [-0.2, 0) is 9.53 Å². The second-order valence-corrected chi connectivity index (χ2v) is 3.36. The Kier molecular flexibility index (Phi) is 2.49. The van der Waals surface area contributed by atoms with Gasteiger partial charge in [0.25, 0.3) is 0 Å². The molecule has 0 saturated heterocycles. The molecular formula is C11H12O4. The largest absolute Gasteiger partial charge is 0.458 e. The SMILES string of the molecule is CC(=O)O[C@H](C)c1ccc2cc1OCO2. The van der Waals surface area contributed by atoms with Crippen molar-refractivity contribution in [2.24, 2.45) is 0 Å². The summed E-state index contributed by atoms with van der Waals surface area (Å²) in [6.45, 7) is 3.41. The Morgan fingerprint density at radius 1 is 1.47 bits per heavy atom. The quantitative estimate of drug-likeness (QED) is 0.697. The molecule has 15 heavy (non-hydrogen) atoms. The van der Waals surface area contributed by atoms with E-state index in [9.17, 15) is 4.79 Å². The molecule has 0 aromatic heterocycles. The third kappa shape index (κ3) is 2.03. The zero-order chi connectivity index (χ0) is 10.8. The molecule has 1 aliphatic heterocycles. The number of esters is 1. The van der Waals surface area contributed by atoms with Crippen LogP contribution in [0.15, 0.2) is 18.2 Å². The predicted molar refractivity (Wildman–Crippen MR) is 52.7 cm³/mol. The van der Waals surface area contributed by atoms with E-state index >= 15 is 0 Å². The minimum absolute atomic E-state index is 0.210. The van der Waals surface area contributed by atoms with Gasteiger partial charge in [-0.3, -0.25) is 4.79 Å². The Bertz CT molecular complexity index is 386. The maximum absolute atomic E-state index is 10.8. The number of carbonyl (C=O) groups is 1. The summed E-state index contributed by atoms with van der Waals surface area (Å²) in [7, 11) is 0. The number of hydrogen-bond donors (Lipinski definition) is 0. The smallest absolute Gasteiger partial charge is 0.303 e. The topological polar surface area (TPSA) is 44.8 Å². The van der Waals surface area contributed by atoms with Crippen molar-refractivity contribution in [3.8, 4) is 11.5 Å². The Morgan fingerprint density at radius 2 is 2.27 bits per heavy atom. The van der Waals surface area contributed by atoms with Crippen LogP contribution in [0.1, 0.15) is 25.5 Å². The molecule has 0 fully saturated rings. The molecule has 0 unspecified atom stereocenters. The van der Waals surface area contributed by atoms with Crippen LogP contribution in [0.5, 0.6) is 11.5 Å². The fraction of sp³-hybridized carbons (Fsp3) is 0.364. The lowest BCUT2D eigenvalue weighted by Crippen LogP contribution is -2.14. The molecular weight excluding hydrogens is 196 g/mol. The van der Waals surface area contributed by atoms with Gasteiger partial charge in [-0.25, -0.2) is 0 Å². The van der Waals surface area contributed by atoms with Gasteiger partial charge >= 0.3 is 5.97 Å². The van der Waals surface area contributed by atoms with Crippen molar-refractivity contribution in [2.45, 2.75) is 20.0 Å². The molecule has 0 aliphatic carbocycles. The maximum Gasteiger partial charge on any atom is 0.303 e. The summed E-state index contributed by atoms with van der Waals surface area (Å²) in [4.78, 5) is 10.8. The van der Waals surface area contributed by atoms with Crippen molar-refractivity contribution < 1.29 is 19.0 Å². The van der Waals surface area contributed by atoms with Gasteiger partial charge in [0.2, 0.25) is 6.79 Å². The van der Waals surface area contributed by atoms with E-state index in [1.807, 2.05) is 19.1 Å².